The number of carbonyl (C=O) groups excluding carboxylic acids is 1. The van der Waals surface area contributed by atoms with Crippen molar-refractivity contribution in [2.45, 2.75) is 64.5 Å². The molecule has 0 aliphatic carbocycles. The summed E-state index contributed by atoms with van der Waals surface area (Å²) in [5, 5.41) is 0. The third-order valence-corrected chi connectivity index (χ3v) is 4.79. The molecule has 2 N–H and O–H groups in total. The number of nitrogens with zero attached hydrogens (tertiary/aromatic N) is 2. The lowest BCUT2D eigenvalue weighted by Crippen LogP contribution is -2.55. The standard InChI is InChI=1S/C16H31N3O/c1-13-7-4-5-9-18(13)11-14-8-6-10-19(12-14)15(20)16(2,3)17/h13-14H,4-12,17H2,1-3H3/t13-,14-/m1/s1. The van der Waals surface area contributed by atoms with Crippen LogP contribution in [0.5, 0.6) is 0 Å². The van der Waals surface area contributed by atoms with Crippen LogP contribution in [0.3, 0.4) is 0 Å². The number of nitrogens with two attached hydrogens (primary N) is 1. The van der Waals surface area contributed by atoms with E-state index in [0.29, 0.717) is 12.0 Å². The van der Waals surface area contributed by atoms with Crippen molar-refractivity contribution in [1.82, 2.24) is 9.80 Å². The zero-order chi connectivity index (χ0) is 14.8. The van der Waals surface area contributed by atoms with Crippen LogP contribution in [0.1, 0.15) is 52.9 Å². The van der Waals surface area contributed by atoms with Gasteiger partial charge in [-0.15, -0.1) is 0 Å². The van der Waals surface area contributed by atoms with E-state index in [1.807, 2.05) is 18.7 Å². The predicted molar refractivity (Wildman–Crippen MR) is 82.5 cm³/mol. The fraction of sp³-hybridized carbons (Fsp3) is 0.938. The van der Waals surface area contributed by atoms with Crippen molar-refractivity contribution in [1.29, 1.82) is 0 Å². The molecular formula is C16H31N3O. The van der Waals surface area contributed by atoms with Gasteiger partial charge in [0.05, 0.1) is 5.54 Å². The van der Waals surface area contributed by atoms with Crippen LogP contribution in [0.2, 0.25) is 0 Å². The molecule has 2 rings (SSSR count). The number of piperidine rings is 2. The molecule has 0 aromatic carbocycles. The lowest BCUT2D eigenvalue weighted by Gasteiger charge is -2.40. The minimum Gasteiger partial charge on any atom is -0.341 e. The molecule has 4 heteroatoms. The van der Waals surface area contributed by atoms with Crippen molar-refractivity contribution in [3.63, 3.8) is 0 Å². The second-order valence-electron chi connectivity index (χ2n) is 7.32. The highest BCUT2D eigenvalue weighted by Gasteiger charge is 2.32. The van der Waals surface area contributed by atoms with Gasteiger partial charge in [0.1, 0.15) is 0 Å². The van der Waals surface area contributed by atoms with Gasteiger partial charge in [0.25, 0.3) is 0 Å². The van der Waals surface area contributed by atoms with Crippen molar-refractivity contribution in [2.75, 3.05) is 26.2 Å². The zero-order valence-corrected chi connectivity index (χ0v) is 13.4. The molecule has 2 fully saturated rings. The number of amides is 1. The summed E-state index contributed by atoms with van der Waals surface area (Å²) in [7, 11) is 0. The fourth-order valence-electron chi connectivity index (χ4n) is 3.57. The van der Waals surface area contributed by atoms with E-state index in [0.717, 1.165) is 26.1 Å². The van der Waals surface area contributed by atoms with E-state index in [9.17, 15) is 4.79 Å². The SMILES string of the molecule is C[C@@H]1CCCCN1C[C@H]1CCCN(C(=O)C(C)(C)N)C1. The summed E-state index contributed by atoms with van der Waals surface area (Å²) in [5.74, 6) is 0.726. The summed E-state index contributed by atoms with van der Waals surface area (Å²) in [6.45, 7) is 10.1. The first kappa shape index (κ1) is 15.8. The molecule has 4 nitrogen and oxygen atoms in total. The Labute approximate surface area is 123 Å². The predicted octanol–water partition coefficient (Wildman–Crippen LogP) is 1.84. The van der Waals surface area contributed by atoms with E-state index < -0.39 is 5.54 Å². The molecule has 2 aliphatic rings. The maximum Gasteiger partial charge on any atom is 0.242 e. The van der Waals surface area contributed by atoms with Gasteiger partial charge in [-0.2, -0.15) is 0 Å². The van der Waals surface area contributed by atoms with Gasteiger partial charge in [-0.3, -0.25) is 4.79 Å². The Kier molecular flexibility index (Phi) is 5.08. The fourth-order valence-corrected chi connectivity index (χ4v) is 3.57. The van der Waals surface area contributed by atoms with Gasteiger partial charge in [0.2, 0.25) is 5.91 Å². The van der Waals surface area contributed by atoms with E-state index in [1.165, 1.54) is 32.2 Å². The van der Waals surface area contributed by atoms with E-state index in [4.69, 9.17) is 5.73 Å². The molecule has 2 aliphatic heterocycles. The van der Waals surface area contributed by atoms with E-state index in [-0.39, 0.29) is 5.91 Å². The summed E-state index contributed by atoms with van der Waals surface area (Å²) in [6.07, 6.45) is 6.39. The van der Waals surface area contributed by atoms with Gasteiger partial charge in [0, 0.05) is 25.7 Å². The van der Waals surface area contributed by atoms with Crippen LogP contribution in [0.15, 0.2) is 0 Å². The van der Waals surface area contributed by atoms with Gasteiger partial charge < -0.3 is 15.5 Å². The summed E-state index contributed by atoms with van der Waals surface area (Å²) in [4.78, 5) is 16.9. The Balaban J connectivity index is 1.88. The third kappa shape index (κ3) is 3.95. The van der Waals surface area contributed by atoms with Gasteiger partial charge in [-0.05, 0) is 58.9 Å². The highest BCUT2D eigenvalue weighted by molar-refractivity contribution is 5.85. The monoisotopic (exact) mass is 281 g/mol. The first-order valence-corrected chi connectivity index (χ1v) is 8.20. The minimum atomic E-state index is -0.736. The lowest BCUT2D eigenvalue weighted by atomic mass is 9.93. The van der Waals surface area contributed by atoms with E-state index in [2.05, 4.69) is 11.8 Å². The molecule has 0 spiro atoms. The van der Waals surface area contributed by atoms with E-state index in [1.54, 1.807) is 0 Å². The van der Waals surface area contributed by atoms with Gasteiger partial charge in [-0.25, -0.2) is 0 Å². The normalized spacial score (nSPS) is 29.5. The van der Waals surface area contributed by atoms with Crippen LogP contribution < -0.4 is 5.73 Å². The van der Waals surface area contributed by atoms with Crippen molar-refractivity contribution in [3.8, 4) is 0 Å². The van der Waals surface area contributed by atoms with Gasteiger partial charge >= 0.3 is 0 Å². The summed E-state index contributed by atoms with van der Waals surface area (Å²) in [6, 6.07) is 0.709. The average molecular weight is 281 g/mol. The Morgan fingerprint density at radius 3 is 2.60 bits per heavy atom. The Hall–Kier alpha value is -0.610. The van der Waals surface area contributed by atoms with Crippen LogP contribution in [0.4, 0.5) is 0 Å². The number of carbonyl (C=O) groups is 1. The van der Waals surface area contributed by atoms with Gasteiger partial charge in [0.15, 0.2) is 0 Å². The van der Waals surface area contributed by atoms with Crippen molar-refractivity contribution < 1.29 is 4.79 Å². The molecule has 0 saturated carbocycles. The van der Waals surface area contributed by atoms with Crippen LogP contribution in [0, 0.1) is 5.92 Å². The minimum absolute atomic E-state index is 0.105. The molecule has 0 unspecified atom stereocenters. The molecule has 20 heavy (non-hydrogen) atoms. The van der Waals surface area contributed by atoms with Crippen molar-refractivity contribution >= 4 is 5.91 Å². The van der Waals surface area contributed by atoms with E-state index >= 15 is 0 Å². The topological polar surface area (TPSA) is 49.6 Å². The molecule has 0 radical (unpaired) electrons. The number of rotatable bonds is 3. The Morgan fingerprint density at radius 1 is 1.20 bits per heavy atom. The highest BCUT2D eigenvalue weighted by atomic mass is 16.2. The lowest BCUT2D eigenvalue weighted by molar-refractivity contribution is -0.137. The van der Waals surface area contributed by atoms with Crippen molar-refractivity contribution in [2.24, 2.45) is 11.7 Å². The Morgan fingerprint density at radius 2 is 1.95 bits per heavy atom. The first-order valence-electron chi connectivity index (χ1n) is 8.20. The average Bonchev–Trinajstić information content (AvgIpc) is 2.40. The highest BCUT2D eigenvalue weighted by Crippen LogP contribution is 2.23. The summed E-state index contributed by atoms with van der Waals surface area (Å²) < 4.78 is 0. The molecule has 2 saturated heterocycles. The smallest absolute Gasteiger partial charge is 0.242 e. The third-order valence-electron chi connectivity index (χ3n) is 4.79. The maximum absolute atomic E-state index is 12.3. The van der Waals surface area contributed by atoms with Crippen LogP contribution in [-0.2, 0) is 4.79 Å². The van der Waals surface area contributed by atoms with Crippen LogP contribution in [0.25, 0.3) is 0 Å². The molecule has 1 amide bonds. The quantitative estimate of drug-likeness (QED) is 0.858. The number of likely N-dealkylation sites (tertiary alicyclic amines) is 2. The number of hydrogen-bond donors (Lipinski definition) is 1. The van der Waals surface area contributed by atoms with Crippen LogP contribution in [-0.4, -0.2) is 53.5 Å². The van der Waals surface area contributed by atoms with Crippen LogP contribution >= 0.6 is 0 Å². The number of hydrogen-bond acceptors (Lipinski definition) is 3. The first-order chi connectivity index (χ1) is 9.38. The molecule has 0 bridgehead atoms. The molecule has 116 valence electrons. The molecule has 2 heterocycles. The van der Waals surface area contributed by atoms with Gasteiger partial charge in [-0.1, -0.05) is 6.42 Å². The summed E-state index contributed by atoms with van der Waals surface area (Å²) >= 11 is 0. The molecule has 0 aromatic rings. The molecular weight excluding hydrogens is 250 g/mol. The largest absolute Gasteiger partial charge is 0.341 e. The zero-order valence-electron chi connectivity index (χ0n) is 13.4. The second-order valence-corrected chi connectivity index (χ2v) is 7.32. The molecule has 0 aromatic heterocycles. The maximum atomic E-state index is 12.3. The summed E-state index contributed by atoms with van der Waals surface area (Å²) in [5.41, 5.74) is 5.22. The van der Waals surface area contributed by atoms with Crippen molar-refractivity contribution in [3.05, 3.63) is 0 Å². The Bertz CT molecular complexity index is 337. The molecule has 2 atom stereocenters. The second kappa shape index (κ2) is 6.44.